The van der Waals surface area contributed by atoms with E-state index in [0.29, 0.717) is 43.6 Å². The van der Waals surface area contributed by atoms with E-state index >= 15 is 0 Å². The van der Waals surface area contributed by atoms with E-state index in [0.717, 1.165) is 13.1 Å². The Hall–Kier alpha value is -1.47. The lowest BCUT2D eigenvalue weighted by atomic mass is 10.1. The monoisotopic (exact) mass is 324 g/mol. The zero-order chi connectivity index (χ0) is 16.8. The fourth-order valence-corrected chi connectivity index (χ4v) is 2.90. The third kappa shape index (κ3) is 5.91. The second kappa shape index (κ2) is 8.40. The number of morpholine rings is 1. The Bertz CT molecular complexity index is 495. The van der Waals surface area contributed by atoms with Crippen LogP contribution in [0.5, 0.6) is 0 Å². The highest BCUT2D eigenvalue weighted by Crippen LogP contribution is 2.13. The number of ether oxygens (including phenoxy) is 1. The van der Waals surface area contributed by atoms with Crippen molar-refractivity contribution < 1.29 is 14.1 Å². The number of rotatable bonds is 7. The van der Waals surface area contributed by atoms with Crippen LogP contribution in [0.15, 0.2) is 4.52 Å². The van der Waals surface area contributed by atoms with Gasteiger partial charge in [-0.15, -0.1) is 0 Å². The molecule has 7 heteroatoms. The van der Waals surface area contributed by atoms with Crippen LogP contribution in [0.25, 0.3) is 0 Å². The van der Waals surface area contributed by atoms with Crippen molar-refractivity contribution in [3.8, 4) is 0 Å². The number of nitrogens with one attached hydrogen (secondary N) is 1. The molecule has 7 nitrogen and oxygen atoms in total. The zero-order valence-corrected chi connectivity index (χ0v) is 14.5. The van der Waals surface area contributed by atoms with E-state index in [1.807, 2.05) is 0 Å². The second-order valence-electron chi connectivity index (χ2n) is 6.45. The van der Waals surface area contributed by atoms with Crippen LogP contribution in [0.1, 0.15) is 45.3 Å². The highest BCUT2D eigenvalue weighted by molar-refractivity contribution is 5.75. The van der Waals surface area contributed by atoms with Crippen LogP contribution < -0.4 is 5.32 Å². The molecule has 0 bridgehead atoms. The number of carbonyl (C=O) groups excluding carboxylic acids is 1. The topological polar surface area (TPSA) is 80.5 Å². The minimum atomic E-state index is 0.0717. The number of hydrogen-bond donors (Lipinski definition) is 1. The largest absolute Gasteiger partial charge is 0.373 e. The molecule has 1 aromatic heterocycles. The maximum atomic E-state index is 11.9. The van der Waals surface area contributed by atoms with Crippen LogP contribution in [0.3, 0.4) is 0 Å². The SMILES string of the molecule is Cc1noc(CCCC(=O)NC[C@H](C)N2C[C@@H](C)O[C@@H](C)C2)n1. The summed E-state index contributed by atoms with van der Waals surface area (Å²) in [6.07, 6.45) is 2.32. The molecule has 0 aliphatic carbocycles. The molecular weight excluding hydrogens is 296 g/mol. The molecule has 1 aromatic rings. The highest BCUT2D eigenvalue weighted by atomic mass is 16.5. The first-order valence-electron chi connectivity index (χ1n) is 8.39. The molecule has 1 aliphatic heterocycles. The van der Waals surface area contributed by atoms with Crippen molar-refractivity contribution >= 4 is 5.91 Å². The van der Waals surface area contributed by atoms with Crippen molar-refractivity contribution in [2.45, 2.75) is 65.2 Å². The molecule has 23 heavy (non-hydrogen) atoms. The minimum Gasteiger partial charge on any atom is -0.373 e. The molecule has 0 spiro atoms. The van der Waals surface area contributed by atoms with Gasteiger partial charge in [0.05, 0.1) is 12.2 Å². The summed E-state index contributed by atoms with van der Waals surface area (Å²) < 4.78 is 10.8. The van der Waals surface area contributed by atoms with Gasteiger partial charge in [-0.1, -0.05) is 5.16 Å². The number of carbonyl (C=O) groups is 1. The Morgan fingerprint density at radius 1 is 1.39 bits per heavy atom. The summed E-state index contributed by atoms with van der Waals surface area (Å²) >= 11 is 0. The summed E-state index contributed by atoms with van der Waals surface area (Å²) in [4.78, 5) is 18.4. The van der Waals surface area contributed by atoms with Crippen molar-refractivity contribution in [3.05, 3.63) is 11.7 Å². The molecule has 1 amide bonds. The molecule has 1 aliphatic rings. The van der Waals surface area contributed by atoms with Gasteiger partial charge < -0.3 is 14.6 Å². The quantitative estimate of drug-likeness (QED) is 0.814. The summed E-state index contributed by atoms with van der Waals surface area (Å²) in [5, 5.41) is 6.75. The molecule has 0 unspecified atom stereocenters. The predicted octanol–water partition coefficient (Wildman–Crippen LogP) is 1.31. The molecule has 0 saturated carbocycles. The smallest absolute Gasteiger partial charge is 0.226 e. The van der Waals surface area contributed by atoms with E-state index in [4.69, 9.17) is 9.26 Å². The third-order valence-corrected chi connectivity index (χ3v) is 4.03. The molecule has 1 fully saturated rings. The van der Waals surface area contributed by atoms with Gasteiger partial charge in [-0.3, -0.25) is 9.69 Å². The normalized spacial score (nSPS) is 23.7. The summed E-state index contributed by atoms with van der Waals surface area (Å²) in [6, 6.07) is 0.311. The molecule has 3 atom stereocenters. The summed E-state index contributed by atoms with van der Waals surface area (Å²) in [5.41, 5.74) is 0. The Morgan fingerprint density at radius 2 is 2.09 bits per heavy atom. The van der Waals surface area contributed by atoms with E-state index in [-0.39, 0.29) is 18.1 Å². The number of amides is 1. The number of nitrogens with zero attached hydrogens (tertiary/aromatic N) is 3. The first kappa shape index (κ1) is 17.9. The second-order valence-corrected chi connectivity index (χ2v) is 6.45. The average Bonchev–Trinajstić information content (AvgIpc) is 2.89. The van der Waals surface area contributed by atoms with Crippen LogP contribution in [-0.2, 0) is 16.0 Å². The van der Waals surface area contributed by atoms with E-state index in [1.54, 1.807) is 6.92 Å². The molecule has 0 radical (unpaired) electrons. The van der Waals surface area contributed by atoms with Crippen molar-refractivity contribution in [1.29, 1.82) is 0 Å². The van der Waals surface area contributed by atoms with Crippen molar-refractivity contribution in [2.75, 3.05) is 19.6 Å². The third-order valence-electron chi connectivity index (χ3n) is 4.03. The van der Waals surface area contributed by atoms with Crippen molar-refractivity contribution in [2.24, 2.45) is 0 Å². The fourth-order valence-electron chi connectivity index (χ4n) is 2.90. The molecular formula is C16H28N4O3. The van der Waals surface area contributed by atoms with Gasteiger partial charge in [0.2, 0.25) is 11.8 Å². The average molecular weight is 324 g/mol. The van der Waals surface area contributed by atoms with Crippen LogP contribution in [-0.4, -0.2) is 58.8 Å². The summed E-state index contributed by atoms with van der Waals surface area (Å²) in [6.45, 7) is 10.6. The van der Waals surface area contributed by atoms with Crippen LogP contribution in [0, 0.1) is 6.92 Å². The fraction of sp³-hybridized carbons (Fsp3) is 0.812. The van der Waals surface area contributed by atoms with Gasteiger partial charge in [-0.25, -0.2) is 0 Å². The number of hydrogen-bond acceptors (Lipinski definition) is 6. The molecule has 1 N–H and O–H groups in total. The molecule has 130 valence electrons. The van der Waals surface area contributed by atoms with Gasteiger partial charge in [-0.05, 0) is 34.1 Å². The molecule has 2 heterocycles. The van der Waals surface area contributed by atoms with E-state index in [2.05, 4.69) is 41.1 Å². The van der Waals surface area contributed by atoms with E-state index in [9.17, 15) is 4.79 Å². The molecule has 0 aromatic carbocycles. The van der Waals surface area contributed by atoms with Crippen LogP contribution in [0.4, 0.5) is 0 Å². The van der Waals surface area contributed by atoms with Gasteiger partial charge in [0.15, 0.2) is 5.82 Å². The maximum Gasteiger partial charge on any atom is 0.226 e. The lowest BCUT2D eigenvalue weighted by molar-refractivity contribution is -0.121. The van der Waals surface area contributed by atoms with Gasteiger partial charge >= 0.3 is 0 Å². The minimum absolute atomic E-state index is 0.0717. The first-order chi connectivity index (χ1) is 10.9. The van der Waals surface area contributed by atoms with Gasteiger partial charge in [0.25, 0.3) is 0 Å². The Kier molecular flexibility index (Phi) is 6.53. The van der Waals surface area contributed by atoms with Gasteiger partial charge in [0.1, 0.15) is 0 Å². The summed E-state index contributed by atoms with van der Waals surface area (Å²) in [7, 11) is 0. The molecule has 2 rings (SSSR count). The lowest BCUT2D eigenvalue weighted by Crippen LogP contribution is -2.52. The highest BCUT2D eigenvalue weighted by Gasteiger charge is 2.25. The lowest BCUT2D eigenvalue weighted by Gasteiger charge is -2.39. The Morgan fingerprint density at radius 3 is 2.70 bits per heavy atom. The van der Waals surface area contributed by atoms with Gasteiger partial charge in [-0.2, -0.15) is 4.98 Å². The van der Waals surface area contributed by atoms with Crippen molar-refractivity contribution in [3.63, 3.8) is 0 Å². The summed E-state index contributed by atoms with van der Waals surface area (Å²) in [5.74, 6) is 1.30. The first-order valence-corrected chi connectivity index (χ1v) is 8.39. The van der Waals surface area contributed by atoms with E-state index in [1.165, 1.54) is 0 Å². The zero-order valence-electron chi connectivity index (χ0n) is 14.5. The van der Waals surface area contributed by atoms with Crippen molar-refractivity contribution in [1.82, 2.24) is 20.4 Å². The van der Waals surface area contributed by atoms with Crippen LogP contribution >= 0.6 is 0 Å². The number of aryl methyl sites for hydroxylation is 2. The Labute approximate surface area is 137 Å². The predicted molar refractivity (Wildman–Crippen MR) is 86.0 cm³/mol. The maximum absolute atomic E-state index is 11.9. The Balaban J connectivity index is 1.63. The van der Waals surface area contributed by atoms with E-state index < -0.39 is 0 Å². The number of aromatic nitrogens is 2. The standard InChI is InChI=1S/C16H28N4O3/c1-11(20-9-12(2)22-13(3)10-20)8-17-15(21)6-5-7-16-18-14(4)19-23-16/h11-13H,5-10H2,1-4H3,(H,17,21)/t11-,12-,13+/m0/s1. The van der Waals surface area contributed by atoms with Gasteiger partial charge in [0, 0.05) is 38.5 Å². The van der Waals surface area contributed by atoms with Crippen LogP contribution in [0.2, 0.25) is 0 Å². The molecule has 1 saturated heterocycles.